The SMILES string of the molecule is Cc1ccc(C(C)C)cc1OCc1c(C)nc(-c2ccccc2)nc1N1CC(C)N(CC(N)=O)CC1C. The van der Waals surface area contributed by atoms with Crippen molar-refractivity contribution in [3.8, 4) is 17.1 Å². The summed E-state index contributed by atoms with van der Waals surface area (Å²) in [6.07, 6.45) is 0. The smallest absolute Gasteiger partial charge is 0.231 e. The van der Waals surface area contributed by atoms with Crippen LogP contribution in [0.1, 0.15) is 56.0 Å². The van der Waals surface area contributed by atoms with E-state index in [1.54, 1.807) is 0 Å². The monoisotopic (exact) mass is 501 g/mol. The van der Waals surface area contributed by atoms with E-state index in [1.165, 1.54) is 5.56 Å². The van der Waals surface area contributed by atoms with E-state index >= 15 is 0 Å². The lowest BCUT2D eigenvalue weighted by Crippen LogP contribution is -2.58. The summed E-state index contributed by atoms with van der Waals surface area (Å²) < 4.78 is 6.43. The molecule has 1 aliphatic rings. The van der Waals surface area contributed by atoms with Crippen LogP contribution in [-0.4, -0.2) is 52.5 Å². The third kappa shape index (κ3) is 6.10. The van der Waals surface area contributed by atoms with Gasteiger partial charge < -0.3 is 15.4 Å². The normalized spacial score (nSPS) is 18.3. The molecule has 1 saturated heterocycles. The maximum absolute atomic E-state index is 11.6. The largest absolute Gasteiger partial charge is 0.488 e. The quantitative estimate of drug-likeness (QED) is 0.475. The van der Waals surface area contributed by atoms with Gasteiger partial charge in [0.25, 0.3) is 0 Å². The van der Waals surface area contributed by atoms with Gasteiger partial charge in [-0.05, 0) is 50.8 Å². The van der Waals surface area contributed by atoms with E-state index in [0.29, 0.717) is 18.3 Å². The Balaban J connectivity index is 1.71. The molecular formula is C30H39N5O2. The van der Waals surface area contributed by atoms with Crippen LogP contribution in [0.2, 0.25) is 0 Å². The molecule has 2 unspecified atom stereocenters. The highest BCUT2D eigenvalue weighted by Gasteiger charge is 2.32. The van der Waals surface area contributed by atoms with Gasteiger partial charge in [-0.15, -0.1) is 0 Å². The Labute approximate surface area is 220 Å². The van der Waals surface area contributed by atoms with Crippen molar-refractivity contribution in [2.45, 2.75) is 66.2 Å². The zero-order valence-corrected chi connectivity index (χ0v) is 22.9. The standard InChI is InChI=1S/C30H39N5O2/c1-19(2)25-13-12-20(3)27(14-25)37-18-26-23(6)32-29(24-10-8-7-9-11-24)33-30(26)35-16-21(4)34(15-22(35)5)17-28(31)36/h7-14,19,21-22H,15-18H2,1-6H3,(H2,31,36). The molecule has 4 rings (SSSR count). The molecule has 196 valence electrons. The van der Waals surface area contributed by atoms with Crippen LogP contribution in [0.5, 0.6) is 5.75 Å². The molecule has 2 atom stereocenters. The van der Waals surface area contributed by atoms with E-state index in [9.17, 15) is 4.79 Å². The number of piperazine rings is 1. The van der Waals surface area contributed by atoms with E-state index in [2.05, 4.69) is 62.6 Å². The number of hydrogen-bond donors (Lipinski definition) is 1. The van der Waals surface area contributed by atoms with Gasteiger partial charge in [-0.1, -0.05) is 56.3 Å². The lowest BCUT2D eigenvalue weighted by Gasteiger charge is -2.45. The number of primary amides is 1. The van der Waals surface area contributed by atoms with Gasteiger partial charge in [-0.25, -0.2) is 9.97 Å². The molecule has 1 aromatic heterocycles. The fraction of sp³-hybridized carbons (Fsp3) is 0.433. The minimum absolute atomic E-state index is 0.137. The molecule has 2 aromatic carbocycles. The number of nitrogens with zero attached hydrogens (tertiary/aromatic N) is 4. The maximum Gasteiger partial charge on any atom is 0.231 e. The predicted molar refractivity (Wildman–Crippen MR) is 149 cm³/mol. The molecule has 0 spiro atoms. The van der Waals surface area contributed by atoms with Crippen molar-refractivity contribution in [1.29, 1.82) is 0 Å². The molecule has 0 bridgehead atoms. The van der Waals surface area contributed by atoms with Crippen molar-refractivity contribution in [3.05, 3.63) is 70.9 Å². The molecule has 7 nitrogen and oxygen atoms in total. The summed E-state index contributed by atoms with van der Waals surface area (Å²) in [5.74, 6) is 2.60. The molecule has 1 aliphatic heterocycles. The van der Waals surface area contributed by atoms with Gasteiger partial charge in [0.2, 0.25) is 5.91 Å². The summed E-state index contributed by atoms with van der Waals surface area (Å²) in [5.41, 5.74) is 10.7. The van der Waals surface area contributed by atoms with Crippen molar-refractivity contribution in [1.82, 2.24) is 14.9 Å². The maximum atomic E-state index is 11.6. The average Bonchev–Trinajstić information content (AvgIpc) is 2.86. The molecule has 1 amide bonds. The number of anilines is 1. The third-order valence-electron chi connectivity index (χ3n) is 7.22. The number of ether oxygens (including phenoxy) is 1. The van der Waals surface area contributed by atoms with E-state index in [4.69, 9.17) is 20.4 Å². The van der Waals surface area contributed by atoms with Crippen LogP contribution in [0.15, 0.2) is 48.5 Å². The molecule has 0 aliphatic carbocycles. The highest BCUT2D eigenvalue weighted by molar-refractivity contribution is 5.76. The van der Waals surface area contributed by atoms with Gasteiger partial charge >= 0.3 is 0 Å². The number of aryl methyl sites for hydroxylation is 2. The van der Waals surface area contributed by atoms with E-state index in [-0.39, 0.29) is 24.5 Å². The summed E-state index contributed by atoms with van der Waals surface area (Å²) >= 11 is 0. The number of hydrogen-bond acceptors (Lipinski definition) is 6. The van der Waals surface area contributed by atoms with Crippen molar-refractivity contribution < 1.29 is 9.53 Å². The summed E-state index contributed by atoms with van der Waals surface area (Å²) in [7, 11) is 0. The Morgan fingerprint density at radius 3 is 2.46 bits per heavy atom. The average molecular weight is 502 g/mol. The van der Waals surface area contributed by atoms with Gasteiger partial charge in [0.05, 0.1) is 17.8 Å². The van der Waals surface area contributed by atoms with Crippen molar-refractivity contribution in [2.24, 2.45) is 5.73 Å². The Morgan fingerprint density at radius 2 is 1.78 bits per heavy atom. The number of rotatable bonds is 8. The number of benzene rings is 2. The van der Waals surface area contributed by atoms with Crippen molar-refractivity contribution >= 4 is 11.7 Å². The molecule has 1 fully saturated rings. The Bertz CT molecular complexity index is 1240. The lowest BCUT2D eigenvalue weighted by molar-refractivity contribution is -0.119. The van der Waals surface area contributed by atoms with Gasteiger partial charge in [0.15, 0.2) is 5.82 Å². The first kappa shape index (κ1) is 26.6. The number of carbonyl (C=O) groups excluding carboxylic acids is 1. The fourth-order valence-corrected chi connectivity index (χ4v) is 4.90. The predicted octanol–water partition coefficient (Wildman–Crippen LogP) is 4.85. The zero-order chi connectivity index (χ0) is 26.7. The van der Waals surface area contributed by atoms with Gasteiger partial charge in [-0.2, -0.15) is 0 Å². The molecule has 37 heavy (non-hydrogen) atoms. The Kier molecular flexibility index (Phi) is 8.13. The molecule has 2 heterocycles. The molecule has 0 radical (unpaired) electrons. The second kappa shape index (κ2) is 11.3. The minimum Gasteiger partial charge on any atom is -0.488 e. The summed E-state index contributed by atoms with van der Waals surface area (Å²) in [5, 5.41) is 0. The fourth-order valence-electron chi connectivity index (χ4n) is 4.90. The topological polar surface area (TPSA) is 84.6 Å². The molecule has 0 saturated carbocycles. The van der Waals surface area contributed by atoms with Crippen molar-refractivity contribution in [3.63, 3.8) is 0 Å². The van der Waals surface area contributed by atoms with Crippen LogP contribution in [0.25, 0.3) is 11.4 Å². The highest BCUT2D eigenvalue weighted by atomic mass is 16.5. The van der Waals surface area contributed by atoms with Gasteiger partial charge in [0, 0.05) is 30.7 Å². The number of carbonyl (C=O) groups is 1. The van der Waals surface area contributed by atoms with E-state index in [1.807, 2.05) is 37.3 Å². The van der Waals surface area contributed by atoms with Crippen molar-refractivity contribution in [2.75, 3.05) is 24.5 Å². The number of aromatic nitrogens is 2. The second-order valence-electron chi connectivity index (χ2n) is 10.5. The molecule has 3 aromatic rings. The highest BCUT2D eigenvalue weighted by Crippen LogP contribution is 2.31. The second-order valence-corrected chi connectivity index (χ2v) is 10.5. The lowest BCUT2D eigenvalue weighted by atomic mass is 10.0. The summed E-state index contributed by atoms with van der Waals surface area (Å²) in [6, 6.07) is 16.8. The number of nitrogens with two attached hydrogens (primary N) is 1. The van der Waals surface area contributed by atoms with E-state index in [0.717, 1.165) is 47.0 Å². The van der Waals surface area contributed by atoms with Crippen LogP contribution >= 0.6 is 0 Å². The van der Waals surface area contributed by atoms with Crippen LogP contribution in [0.4, 0.5) is 5.82 Å². The Morgan fingerprint density at radius 1 is 1.05 bits per heavy atom. The van der Waals surface area contributed by atoms with Crippen LogP contribution in [0.3, 0.4) is 0 Å². The van der Waals surface area contributed by atoms with E-state index < -0.39 is 0 Å². The van der Waals surface area contributed by atoms with Crippen LogP contribution in [-0.2, 0) is 11.4 Å². The Hall–Kier alpha value is -3.45. The zero-order valence-electron chi connectivity index (χ0n) is 22.9. The first-order chi connectivity index (χ1) is 17.6. The number of amides is 1. The minimum atomic E-state index is -0.301. The van der Waals surface area contributed by atoms with Crippen LogP contribution in [0, 0.1) is 13.8 Å². The first-order valence-corrected chi connectivity index (χ1v) is 13.1. The van der Waals surface area contributed by atoms with Gasteiger partial charge in [-0.3, -0.25) is 9.69 Å². The van der Waals surface area contributed by atoms with Crippen LogP contribution < -0.4 is 15.4 Å². The van der Waals surface area contributed by atoms with Gasteiger partial charge in [0.1, 0.15) is 18.2 Å². The summed E-state index contributed by atoms with van der Waals surface area (Å²) in [6.45, 7) is 14.9. The third-order valence-corrected chi connectivity index (χ3v) is 7.22. The first-order valence-electron chi connectivity index (χ1n) is 13.1. The molecule has 7 heteroatoms. The molecular weight excluding hydrogens is 462 g/mol. The summed E-state index contributed by atoms with van der Waals surface area (Å²) in [4.78, 5) is 26.1. The molecule has 2 N–H and O–H groups in total.